The average Bonchev–Trinajstić information content (AvgIpc) is 3.01. The monoisotopic (exact) mass is 430 g/mol. The quantitative estimate of drug-likeness (QED) is 0.589. The highest BCUT2D eigenvalue weighted by atomic mass is 32.2. The molecule has 3 rings (SSSR count). The number of rotatable bonds is 8. The molecule has 0 radical (unpaired) electrons. The number of fused-ring (bicyclic) bond motifs is 1. The van der Waals surface area contributed by atoms with E-state index >= 15 is 0 Å². The number of nitrogens with zero attached hydrogens (tertiary/aromatic N) is 4. The number of aryl methyl sites for hydroxylation is 1. The molecular weight excluding hydrogens is 404 g/mol. The van der Waals surface area contributed by atoms with E-state index in [2.05, 4.69) is 9.97 Å². The van der Waals surface area contributed by atoms with Gasteiger partial charge in [0.25, 0.3) is 0 Å². The lowest BCUT2D eigenvalue weighted by Crippen LogP contribution is -2.43. The predicted molar refractivity (Wildman–Crippen MR) is 114 cm³/mol. The molecule has 2 aromatic heterocycles. The lowest BCUT2D eigenvalue weighted by molar-refractivity contribution is -0.141. The van der Waals surface area contributed by atoms with Crippen molar-refractivity contribution in [3.05, 3.63) is 54.1 Å². The Morgan fingerprint density at radius 1 is 1.20 bits per heavy atom. The van der Waals surface area contributed by atoms with Gasteiger partial charge in [-0.15, -0.1) is 0 Å². The molecule has 2 heterocycles. The fourth-order valence-corrected chi connectivity index (χ4v) is 4.76. The normalized spacial score (nSPS) is 13.3. The third-order valence-electron chi connectivity index (χ3n) is 5.10. The molecule has 0 amide bonds. The molecule has 0 bridgehead atoms. The molecule has 3 aromatic rings. The molecule has 1 aromatic carbocycles. The Balaban J connectivity index is 1.85. The highest BCUT2D eigenvalue weighted by molar-refractivity contribution is 7.89. The van der Waals surface area contributed by atoms with E-state index in [0.29, 0.717) is 6.54 Å². The van der Waals surface area contributed by atoms with Crippen LogP contribution in [0.2, 0.25) is 0 Å². The van der Waals surface area contributed by atoms with Crippen LogP contribution in [0, 0.1) is 12.8 Å². The van der Waals surface area contributed by atoms with Gasteiger partial charge in [0.1, 0.15) is 17.4 Å². The molecule has 0 aliphatic rings. The molecule has 0 aliphatic carbocycles. The minimum atomic E-state index is -3.93. The Morgan fingerprint density at radius 2 is 1.87 bits per heavy atom. The summed E-state index contributed by atoms with van der Waals surface area (Å²) in [6, 6.07) is 7.31. The molecule has 0 fully saturated rings. The highest BCUT2D eigenvalue weighted by Gasteiger charge is 2.33. The molecule has 1 N–H and O–H groups in total. The third kappa shape index (κ3) is 4.36. The summed E-state index contributed by atoms with van der Waals surface area (Å²) < 4.78 is 28.9. The van der Waals surface area contributed by atoms with Crippen molar-refractivity contribution in [1.82, 2.24) is 18.8 Å². The maximum absolute atomic E-state index is 13.0. The second-order valence-electron chi connectivity index (χ2n) is 7.76. The van der Waals surface area contributed by atoms with Crippen LogP contribution < -0.4 is 0 Å². The van der Waals surface area contributed by atoms with Gasteiger partial charge in [-0.05, 0) is 43.0 Å². The third-order valence-corrected chi connectivity index (χ3v) is 6.98. The SMILES string of the molecule is Cc1nc2cnccc2n1Cc1ccc(S(=O)(=O)N(C)[C@H](CC(C)C)C(=O)O)cc1. The molecule has 0 unspecified atom stereocenters. The molecular formula is C21H26N4O4S. The second-order valence-corrected chi connectivity index (χ2v) is 9.76. The summed E-state index contributed by atoms with van der Waals surface area (Å²) in [6.45, 7) is 6.17. The molecule has 30 heavy (non-hydrogen) atoms. The van der Waals surface area contributed by atoms with E-state index in [-0.39, 0.29) is 17.2 Å². The molecule has 0 spiro atoms. The van der Waals surface area contributed by atoms with Crippen LogP contribution in [0.1, 0.15) is 31.7 Å². The molecule has 160 valence electrons. The first kappa shape index (κ1) is 21.9. The first-order valence-corrected chi connectivity index (χ1v) is 11.1. The number of likely N-dealkylation sites (N-methyl/N-ethyl adjacent to an activating group) is 1. The predicted octanol–water partition coefficient (Wildman–Crippen LogP) is 2.91. The smallest absolute Gasteiger partial charge is 0.322 e. The number of carbonyl (C=O) groups is 1. The minimum Gasteiger partial charge on any atom is -0.480 e. The summed E-state index contributed by atoms with van der Waals surface area (Å²) in [7, 11) is -2.61. The summed E-state index contributed by atoms with van der Waals surface area (Å²) in [6.07, 6.45) is 3.66. The standard InChI is InChI=1S/C21H26N4O4S/c1-14(2)11-20(21(26)27)24(4)30(28,29)17-7-5-16(6-8-17)13-25-15(3)23-18-12-22-10-9-19(18)25/h5-10,12,14,20H,11,13H2,1-4H3,(H,26,27)/t20-/m1/s1. The fourth-order valence-electron chi connectivity index (χ4n) is 3.44. The lowest BCUT2D eigenvalue weighted by Gasteiger charge is -2.25. The van der Waals surface area contributed by atoms with Crippen LogP contribution in [0.4, 0.5) is 0 Å². The van der Waals surface area contributed by atoms with Gasteiger partial charge in [-0.3, -0.25) is 9.78 Å². The van der Waals surface area contributed by atoms with Crippen LogP contribution in [-0.4, -0.2) is 51.4 Å². The largest absolute Gasteiger partial charge is 0.480 e. The number of carboxylic acid groups (broad SMARTS) is 1. The lowest BCUT2D eigenvalue weighted by atomic mass is 10.0. The van der Waals surface area contributed by atoms with Gasteiger partial charge in [-0.25, -0.2) is 13.4 Å². The molecule has 0 saturated heterocycles. The number of hydrogen-bond donors (Lipinski definition) is 1. The van der Waals surface area contributed by atoms with Crippen molar-refractivity contribution in [2.75, 3.05) is 7.05 Å². The Morgan fingerprint density at radius 3 is 2.47 bits per heavy atom. The van der Waals surface area contributed by atoms with E-state index in [1.165, 1.54) is 19.2 Å². The van der Waals surface area contributed by atoms with Gasteiger partial charge in [-0.2, -0.15) is 4.31 Å². The van der Waals surface area contributed by atoms with E-state index in [4.69, 9.17) is 0 Å². The van der Waals surface area contributed by atoms with Crippen molar-refractivity contribution >= 4 is 27.0 Å². The van der Waals surface area contributed by atoms with Crippen molar-refractivity contribution in [1.29, 1.82) is 0 Å². The number of pyridine rings is 1. The molecule has 8 nitrogen and oxygen atoms in total. The van der Waals surface area contributed by atoms with Crippen LogP contribution in [0.3, 0.4) is 0 Å². The number of hydrogen-bond acceptors (Lipinski definition) is 5. The number of sulfonamides is 1. The number of benzene rings is 1. The van der Waals surface area contributed by atoms with Gasteiger partial charge in [-0.1, -0.05) is 26.0 Å². The van der Waals surface area contributed by atoms with Crippen LogP contribution in [-0.2, 0) is 21.4 Å². The number of carboxylic acids is 1. The fraction of sp³-hybridized carbons (Fsp3) is 0.381. The van der Waals surface area contributed by atoms with Crippen molar-refractivity contribution in [2.45, 2.75) is 44.7 Å². The maximum Gasteiger partial charge on any atom is 0.322 e. The molecule has 1 atom stereocenters. The topological polar surface area (TPSA) is 105 Å². The molecule has 9 heteroatoms. The zero-order valence-electron chi connectivity index (χ0n) is 17.5. The Kier molecular flexibility index (Phi) is 6.23. The van der Waals surface area contributed by atoms with Crippen molar-refractivity contribution in [2.24, 2.45) is 5.92 Å². The van der Waals surface area contributed by atoms with E-state index in [1.54, 1.807) is 24.5 Å². The summed E-state index contributed by atoms with van der Waals surface area (Å²) in [5, 5.41) is 9.48. The summed E-state index contributed by atoms with van der Waals surface area (Å²) in [4.78, 5) is 20.3. The van der Waals surface area contributed by atoms with Crippen LogP contribution in [0.25, 0.3) is 11.0 Å². The number of imidazole rings is 1. The van der Waals surface area contributed by atoms with Gasteiger partial charge >= 0.3 is 5.97 Å². The highest BCUT2D eigenvalue weighted by Crippen LogP contribution is 2.22. The van der Waals surface area contributed by atoms with Gasteiger partial charge in [0.15, 0.2) is 0 Å². The van der Waals surface area contributed by atoms with Gasteiger partial charge in [0, 0.05) is 19.8 Å². The maximum atomic E-state index is 13.0. The Bertz CT molecular complexity index is 1150. The van der Waals surface area contributed by atoms with E-state index in [1.807, 2.05) is 31.4 Å². The Hall–Kier alpha value is -2.78. The molecule has 0 aliphatic heterocycles. The summed E-state index contributed by atoms with van der Waals surface area (Å²) >= 11 is 0. The first-order valence-electron chi connectivity index (χ1n) is 9.68. The Labute approximate surface area is 176 Å². The van der Waals surface area contributed by atoms with E-state index in [9.17, 15) is 18.3 Å². The van der Waals surface area contributed by atoms with E-state index in [0.717, 1.165) is 26.7 Å². The van der Waals surface area contributed by atoms with Crippen LogP contribution >= 0.6 is 0 Å². The first-order chi connectivity index (χ1) is 14.1. The summed E-state index contributed by atoms with van der Waals surface area (Å²) in [5.74, 6) is -0.259. The second kappa shape index (κ2) is 8.53. The van der Waals surface area contributed by atoms with Crippen molar-refractivity contribution < 1.29 is 18.3 Å². The number of aliphatic carboxylic acids is 1. The van der Waals surface area contributed by atoms with Crippen molar-refractivity contribution in [3.63, 3.8) is 0 Å². The van der Waals surface area contributed by atoms with Crippen LogP contribution in [0.5, 0.6) is 0 Å². The van der Waals surface area contributed by atoms with E-state index < -0.39 is 22.0 Å². The van der Waals surface area contributed by atoms with Crippen LogP contribution in [0.15, 0.2) is 47.6 Å². The average molecular weight is 431 g/mol. The number of aromatic nitrogens is 3. The summed E-state index contributed by atoms with van der Waals surface area (Å²) in [5.41, 5.74) is 2.67. The molecule has 0 saturated carbocycles. The zero-order chi connectivity index (χ0) is 22.1. The van der Waals surface area contributed by atoms with Crippen molar-refractivity contribution in [3.8, 4) is 0 Å². The van der Waals surface area contributed by atoms with Gasteiger partial charge in [0.2, 0.25) is 10.0 Å². The van der Waals surface area contributed by atoms with Gasteiger partial charge in [0.05, 0.1) is 16.6 Å². The zero-order valence-corrected chi connectivity index (χ0v) is 18.3. The van der Waals surface area contributed by atoms with Gasteiger partial charge < -0.3 is 9.67 Å². The minimum absolute atomic E-state index is 0.0505.